The predicted molar refractivity (Wildman–Crippen MR) is 102 cm³/mol. The van der Waals surface area contributed by atoms with Crippen molar-refractivity contribution in [3.8, 4) is 0 Å². The molecule has 1 fully saturated rings. The minimum Gasteiger partial charge on any atom is -0.371 e. The summed E-state index contributed by atoms with van der Waals surface area (Å²) in [4.78, 5) is 35.8. The molecular weight excluding hydrogens is 348 g/mol. The Balaban J connectivity index is 1.60. The van der Waals surface area contributed by atoms with Crippen LogP contribution in [0.25, 0.3) is 0 Å². The van der Waals surface area contributed by atoms with E-state index in [0.717, 1.165) is 31.6 Å². The molecule has 1 heterocycles. The second kappa shape index (κ2) is 7.86. The number of nitrogens with zero attached hydrogens (tertiary/aromatic N) is 2. The highest BCUT2D eigenvalue weighted by atomic mass is 16.6. The number of rotatable bonds is 5. The van der Waals surface area contributed by atoms with Crippen molar-refractivity contribution in [2.75, 3.05) is 23.3 Å². The first-order valence-corrected chi connectivity index (χ1v) is 8.64. The van der Waals surface area contributed by atoms with Gasteiger partial charge in [-0.25, -0.2) is 0 Å². The van der Waals surface area contributed by atoms with E-state index in [9.17, 15) is 19.7 Å². The highest BCUT2D eigenvalue weighted by molar-refractivity contribution is 6.04. The largest absolute Gasteiger partial charge is 0.371 e. The number of nitro benzene ring substituents is 1. The molecule has 0 bridgehead atoms. The SMILES string of the molecule is NC(=O)C1CCN(c2ccc(NC(=O)c3ccc([N+](=O)[O-])cc3)cc2)CC1. The Morgan fingerprint density at radius 1 is 1.04 bits per heavy atom. The lowest BCUT2D eigenvalue weighted by Gasteiger charge is -2.32. The van der Waals surface area contributed by atoms with Crippen LogP contribution < -0.4 is 16.0 Å². The average molecular weight is 368 g/mol. The van der Waals surface area contributed by atoms with E-state index < -0.39 is 4.92 Å². The summed E-state index contributed by atoms with van der Waals surface area (Å²) < 4.78 is 0. The maximum absolute atomic E-state index is 12.2. The molecule has 0 saturated carbocycles. The molecule has 8 nitrogen and oxygen atoms in total. The molecule has 2 aromatic rings. The Kier molecular flexibility index (Phi) is 5.35. The van der Waals surface area contributed by atoms with Gasteiger partial charge >= 0.3 is 0 Å². The summed E-state index contributed by atoms with van der Waals surface area (Å²) in [5, 5.41) is 13.4. The molecule has 0 aliphatic carbocycles. The van der Waals surface area contributed by atoms with Gasteiger partial charge in [0.25, 0.3) is 11.6 Å². The Labute approximate surface area is 156 Å². The van der Waals surface area contributed by atoms with E-state index in [1.807, 2.05) is 12.1 Å². The van der Waals surface area contributed by atoms with Crippen molar-refractivity contribution in [2.45, 2.75) is 12.8 Å². The highest BCUT2D eigenvalue weighted by Crippen LogP contribution is 2.24. The van der Waals surface area contributed by atoms with Crippen molar-refractivity contribution in [3.63, 3.8) is 0 Å². The first kappa shape index (κ1) is 18.4. The van der Waals surface area contributed by atoms with Gasteiger partial charge in [-0.05, 0) is 49.2 Å². The van der Waals surface area contributed by atoms with Crippen LogP contribution in [0.5, 0.6) is 0 Å². The summed E-state index contributed by atoms with van der Waals surface area (Å²) in [6.45, 7) is 1.53. The van der Waals surface area contributed by atoms with Crippen LogP contribution in [-0.4, -0.2) is 29.8 Å². The lowest BCUT2D eigenvalue weighted by atomic mass is 9.96. The van der Waals surface area contributed by atoms with Crippen molar-refractivity contribution < 1.29 is 14.5 Å². The predicted octanol–water partition coefficient (Wildman–Crippen LogP) is 2.55. The van der Waals surface area contributed by atoms with Crippen molar-refractivity contribution in [2.24, 2.45) is 11.7 Å². The minimum absolute atomic E-state index is 0.0542. The van der Waals surface area contributed by atoms with E-state index in [2.05, 4.69) is 10.2 Å². The monoisotopic (exact) mass is 368 g/mol. The lowest BCUT2D eigenvalue weighted by molar-refractivity contribution is -0.384. The van der Waals surface area contributed by atoms with Crippen LogP contribution in [-0.2, 0) is 4.79 Å². The molecule has 0 unspecified atom stereocenters. The van der Waals surface area contributed by atoms with Crippen molar-refractivity contribution in [3.05, 3.63) is 64.2 Å². The fourth-order valence-electron chi connectivity index (χ4n) is 3.12. The molecule has 0 spiro atoms. The summed E-state index contributed by atoms with van der Waals surface area (Å²) >= 11 is 0. The van der Waals surface area contributed by atoms with Gasteiger partial charge in [0.1, 0.15) is 0 Å². The van der Waals surface area contributed by atoms with Crippen molar-refractivity contribution in [1.29, 1.82) is 0 Å². The van der Waals surface area contributed by atoms with Crippen molar-refractivity contribution >= 4 is 28.9 Å². The lowest BCUT2D eigenvalue weighted by Crippen LogP contribution is -2.38. The zero-order chi connectivity index (χ0) is 19.4. The number of piperidine rings is 1. The summed E-state index contributed by atoms with van der Waals surface area (Å²) in [7, 11) is 0. The van der Waals surface area contributed by atoms with Gasteiger partial charge in [0, 0.05) is 48.1 Å². The van der Waals surface area contributed by atoms with Crippen LogP contribution in [0.3, 0.4) is 0 Å². The molecule has 0 radical (unpaired) electrons. The maximum Gasteiger partial charge on any atom is 0.269 e. The molecule has 2 aromatic carbocycles. The molecule has 0 atom stereocenters. The first-order chi connectivity index (χ1) is 12.9. The zero-order valence-electron chi connectivity index (χ0n) is 14.6. The van der Waals surface area contributed by atoms with Crippen LogP contribution in [0.1, 0.15) is 23.2 Å². The number of amides is 2. The van der Waals surface area contributed by atoms with Gasteiger partial charge in [-0.2, -0.15) is 0 Å². The molecule has 3 rings (SSSR count). The standard InChI is InChI=1S/C19H20N4O4/c20-18(24)13-9-11-22(12-10-13)16-7-3-15(4-8-16)21-19(25)14-1-5-17(6-2-14)23(26)27/h1-8,13H,9-12H2,(H2,20,24)(H,21,25). The van der Waals surface area contributed by atoms with Crippen LogP contribution >= 0.6 is 0 Å². The molecule has 8 heteroatoms. The van der Waals surface area contributed by atoms with Crippen LogP contribution in [0.4, 0.5) is 17.1 Å². The number of non-ortho nitro benzene ring substituents is 1. The molecule has 27 heavy (non-hydrogen) atoms. The molecular formula is C19H20N4O4. The van der Waals surface area contributed by atoms with Crippen LogP contribution in [0.2, 0.25) is 0 Å². The smallest absolute Gasteiger partial charge is 0.269 e. The van der Waals surface area contributed by atoms with E-state index >= 15 is 0 Å². The van der Waals surface area contributed by atoms with E-state index in [0.29, 0.717) is 11.3 Å². The number of carbonyl (C=O) groups excluding carboxylic acids is 2. The number of hydrogen-bond acceptors (Lipinski definition) is 5. The van der Waals surface area contributed by atoms with Gasteiger partial charge in [0.15, 0.2) is 0 Å². The highest BCUT2D eigenvalue weighted by Gasteiger charge is 2.23. The fraction of sp³-hybridized carbons (Fsp3) is 0.263. The number of nitro groups is 1. The first-order valence-electron chi connectivity index (χ1n) is 8.64. The van der Waals surface area contributed by atoms with E-state index in [1.54, 1.807) is 12.1 Å². The molecule has 3 N–H and O–H groups in total. The number of nitrogens with one attached hydrogen (secondary N) is 1. The number of anilines is 2. The third-order valence-corrected chi connectivity index (χ3v) is 4.73. The fourth-order valence-corrected chi connectivity index (χ4v) is 3.12. The van der Waals surface area contributed by atoms with Crippen LogP contribution in [0, 0.1) is 16.0 Å². The normalized spacial score (nSPS) is 14.6. The summed E-state index contributed by atoms with van der Waals surface area (Å²) in [6, 6.07) is 12.9. The van der Waals surface area contributed by atoms with Gasteiger partial charge in [0.05, 0.1) is 4.92 Å². The molecule has 2 amide bonds. The van der Waals surface area contributed by atoms with E-state index in [-0.39, 0.29) is 23.4 Å². The van der Waals surface area contributed by atoms with E-state index in [4.69, 9.17) is 5.73 Å². The zero-order valence-corrected chi connectivity index (χ0v) is 14.6. The second-order valence-electron chi connectivity index (χ2n) is 6.47. The quantitative estimate of drug-likeness (QED) is 0.621. The van der Waals surface area contributed by atoms with Gasteiger partial charge in [-0.15, -0.1) is 0 Å². The van der Waals surface area contributed by atoms with Gasteiger partial charge in [-0.1, -0.05) is 0 Å². The molecule has 140 valence electrons. The number of primary amides is 1. The number of benzene rings is 2. The summed E-state index contributed by atoms with van der Waals surface area (Å²) in [5.74, 6) is -0.625. The molecule has 1 aliphatic heterocycles. The average Bonchev–Trinajstić information content (AvgIpc) is 2.68. The van der Waals surface area contributed by atoms with Gasteiger partial charge < -0.3 is 16.0 Å². The minimum atomic E-state index is -0.507. The third kappa shape index (κ3) is 4.41. The Bertz CT molecular complexity index is 841. The van der Waals surface area contributed by atoms with Gasteiger partial charge in [-0.3, -0.25) is 19.7 Å². The summed E-state index contributed by atoms with van der Waals surface area (Å²) in [5.41, 5.74) is 7.30. The third-order valence-electron chi connectivity index (χ3n) is 4.73. The number of nitrogens with two attached hydrogens (primary N) is 1. The Morgan fingerprint density at radius 3 is 2.15 bits per heavy atom. The Hall–Kier alpha value is -3.42. The Morgan fingerprint density at radius 2 is 1.63 bits per heavy atom. The van der Waals surface area contributed by atoms with E-state index in [1.165, 1.54) is 24.3 Å². The second-order valence-corrected chi connectivity index (χ2v) is 6.47. The number of hydrogen-bond donors (Lipinski definition) is 2. The number of carbonyl (C=O) groups is 2. The van der Waals surface area contributed by atoms with Gasteiger partial charge in [0.2, 0.25) is 5.91 Å². The molecule has 0 aromatic heterocycles. The van der Waals surface area contributed by atoms with Crippen LogP contribution in [0.15, 0.2) is 48.5 Å². The van der Waals surface area contributed by atoms with Crippen molar-refractivity contribution in [1.82, 2.24) is 0 Å². The molecule has 1 aliphatic rings. The maximum atomic E-state index is 12.2. The molecule has 1 saturated heterocycles. The summed E-state index contributed by atoms with van der Waals surface area (Å²) in [6.07, 6.45) is 1.49. The topological polar surface area (TPSA) is 119 Å².